The fourth-order valence-electron chi connectivity index (χ4n) is 1.49. The molecule has 2 aromatic rings. The van der Waals surface area contributed by atoms with E-state index in [-0.39, 0.29) is 5.82 Å². The molecule has 0 heterocycles. The molecule has 0 saturated carbocycles. The highest BCUT2D eigenvalue weighted by Crippen LogP contribution is 2.22. The van der Waals surface area contributed by atoms with Crippen LogP contribution in [-0.2, 0) is 0 Å². The maximum Gasteiger partial charge on any atom is 0.123 e. The van der Waals surface area contributed by atoms with Gasteiger partial charge in [0.05, 0.1) is 0 Å². The van der Waals surface area contributed by atoms with E-state index in [1.165, 1.54) is 12.1 Å². The van der Waals surface area contributed by atoms with Crippen LogP contribution in [0.2, 0.25) is 0 Å². The summed E-state index contributed by atoms with van der Waals surface area (Å²) in [4.78, 5) is 0. The number of hydrogen-bond donors (Lipinski definition) is 0. The van der Waals surface area contributed by atoms with Crippen LogP contribution < -0.4 is 0 Å². The third-order valence-electron chi connectivity index (χ3n) is 2.24. The van der Waals surface area contributed by atoms with Gasteiger partial charge in [0.25, 0.3) is 0 Å². The van der Waals surface area contributed by atoms with Crippen LogP contribution in [0.15, 0.2) is 48.5 Å². The Bertz CT molecular complexity index is 504. The highest BCUT2D eigenvalue weighted by atomic mass is 19.1. The Labute approximate surface area is 88.4 Å². The molecule has 2 aromatic carbocycles. The van der Waals surface area contributed by atoms with Gasteiger partial charge in [-0.25, -0.2) is 4.39 Å². The van der Waals surface area contributed by atoms with Crippen molar-refractivity contribution in [2.24, 2.45) is 0 Å². The Hall–Kier alpha value is -2.07. The zero-order chi connectivity index (χ0) is 10.7. The van der Waals surface area contributed by atoms with Crippen LogP contribution in [0.1, 0.15) is 5.56 Å². The fraction of sp³-hybridized carbons (Fsp3) is 0. The molecular formula is C14H9F. The number of halogens is 1. The topological polar surface area (TPSA) is 0 Å². The Balaban J connectivity index is 2.55. The number of terminal acetylenes is 1. The average molecular weight is 196 g/mol. The molecule has 0 saturated heterocycles. The van der Waals surface area contributed by atoms with Gasteiger partial charge in [-0.15, -0.1) is 6.42 Å². The molecule has 0 aromatic heterocycles. The van der Waals surface area contributed by atoms with Gasteiger partial charge in [0.1, 0.15) is 5.82 Å². The van der Waals surface area contributed by atoms with E-state index in [0.717, 1.165) is 16.7 Å². The molecule has 0 N–H and O–H groups in total. The number of rotatable bonds is 1. The summed E-state index contributed by atoms with van der Waals surface area (Å²) < 4.78 is 12.7. The van der Waals surface area contributed by atoms with Crippen molar-refractivity contribution >= 4 is 0 Å². The van der Waals surface area contributed by atoms with Crippen molar-refractivity contribution in [3.63, 3.8) is 0 Å². The van der Waals surface area contributed by atoms with Crippen molar-refractivity contribution in [1.29, 1.82) is 0 Å². The van der Waals surface area contributed by atoms with Crippen LogP contribution in [0.4, 0.5) is 4.39 Å². The monoisotopic (exact) mass is 196 g/mol. The molecule has 0 radical (unpaired) electrons. The average Bonchev–Trinajstić information content (AvgIpc) is 2.30. The van der Waals surface area contributed by atoms with Gasteiger partial charge < -0.3 is 0 Å². The Morgan fingerprint density at radius 3 is 2.27 bits per heavy atom. The summed E-state index contributed by atoms with van der Waals surface area (Å²) in [6.07, 6.45) is 5.39. The van der Waals surface area contributed by atoms with E-state index in [1.54, 1.807) is 12.1 Å². The standard InChI is InChI=1S/C14H9F/c1-2-11-5-3-4-6-14(11)12-7-9-13(15)10-8-12/h1,3-10H. The quantitative estimate of drug-likeness (QED) is 0.612. The minimum atomic E-state index is -0.239. The van der Waals surface area contributed by atoms with Gasteiger partial charge in [-0.05, 0) is 29.3 Å². The Kier molecular flexibility index (Phi) is 2.51. The summed E-state index contributed by atoms with van der Waals surface area (Å²) in [7, 11) is 0. The Morgan fingerprint density at radius 2 is 1.60 bits per heavy atom. The first-order chi connectivity index (χ1) is 7.31. The van der Waals surface area contributed by atoms with Crippen molar-refractivity contribution in [2.45, 2.75) is 0 Å². The zero-order valence-electron chi connectivity index (χ0n) is 8.07. The third kappa shape index (κ3) is 1.89. The van der Waals surface area contributed by atoms with Crippen molar-refractivity contribution in [3.8, 4) is 23.5 Å². The number of hydrogen-bond acceptors (Lipinski definition) is 0. The largest absolute Gasteiger partial charge is 0.207 e. The van der Waals surface area contributed by atoms with Gasteiger partial charge in [-0.3, -0.25) is 0 Å². The summed E-state index contributed by atoms with van der Waals surface area (Å²) in [5.41, 5.74) is 2.72. The SMILES string of the molecule is C#Cc1ccccc1-c1ccc(F)cc1. The van der Waals surface area contributed by atoms with E-state index in [4.69, 9.17) is 6.42 Å². The van der Waals surface area contributed by atoms with E-state index in [1.807, 2.05) is 24.3 Å². The maximum absolute atomic E-state index is 12.7. The molecule has 0 amide bonds. The first-order valence-electron chi connectivity index (χ1n) is 4.63. The zero-order valence-corrected chi connectivity index (χ0v) is 8.07. The third-order valence-corrected chi connectivity index (χ3v) is 2.24. The van der Waals surface area contributed by atoms with Gasteiger partial charge in [0, 0.05) is 5.56 Å². The molecule has 0 aliphatic heterocycles. The summed E-state index contributed by atoms with van der Waals surface area (Å²) in [6.45, 7) is 0. The lowest BCUT2D eigenvalue weighted by Crippen LogP contribution is -1.83. The Morgan fingerprint density at radius 1 is 0.933 bits per heavy atom. The van der Waals surface area contributed by atoms with E-state index in [0.29, 0.717) is 0 Å². The van der Waals surface area contributed by atoms with Crippen LogP contribution in [0.3, 0.4) is 0 Å². The highest BCUT2D eigenvalue weighted by Gasteiger charge is 2.01. The van der Waals surface area contributed by atoms with E-state index >= 15 is 0 Å². The van der Waals surface area contributed by atoms with Crippen molar-refractivity contribution in [3.05, 3.63) is 59.9 Å². The van der Waals surface area contributed by atoms with Crippen molar-refractivity contribution in [2.75, 3.05) is 0 Å². The second-order valence-corrected chi connectivity index (χ2v) is 3.20. The van der Waals surface area contributed by atoms with Crippen LogP contribution in [-0.4, -0.2) is 0 Å². The molecular weight excluding hydrogens is 187 g/mol. The highest BCUT2D eigenvalue weighted by molar-refractivity contribution is 5.70. The summed E-state index contributed by atoms with van der Waals surface area (Å²) in [5.74, 6) is 2.38. The molecule has 0 bridgehead atoms. The van der Waals surface area contributed by atoms with E-state index in [9.17, 15) is 4.39 Å². The lowest BCUT2D eigenvalue weighted by atomic mass is 10.0. The molecule has 72 valence electrons. The van der Waals surface area contributed by atoms with Gasteiger partial charge in [0.2, 0.25) is 0 Å². The molecule has 0 fully saturated rings. The smallest absolute Gasteiger partial charge is 0.123 e. The summed E-state index contributed by atoms with van der Waals surface area (Å²) in [5, 5.41) is 0. The minimum Gasteiger partial charge on any atom is -0.207 e. The van der Waals surface area contributed by atoms with E-state index < -0.39 is 0 Å². The first kappa shape index (κ1) is 9.48. The molecule has 0 spiro atoms. The molecule has 0 aliphatic rings. The summed E-state index contributed by atoms with van der Waals surface area (Å²) >= 11 is 0. The van der Waals surface area contributed by atoms with Crippen LogP contribution in [0.25, 0.3) is 11.1 Å². The van der Waals surface area contributed by atoms with Gasteiger partial charge in [-0.1, -0.05) is 36.3 Å². The minimum absolute atomic E-state index is 0.239. The normalized spacial score (nSPS) is 9.60. The molecule has 0 unspecified atom stereocenters. The molecule has 0 atom stereocenters. The van der Waals surface area contributed by atoms with Gasteiger partial charge in [0.15, 0.2) is 0 Å². The molecule has 2 rings (SSSR count). The van der Waals surface area contributed by atoms with Crippen LogP contribution in [0, 0.1) is 18.2 Å². The molecule has 0 nitrogen and oxygen atoms in total. The van der Waals surface area contributed by atoms with Gasteiger partial charge >= 0.3 is 0 Å². The molecule has 15 heavy (non-hydrogen) atoms. The van der Waals surface area contributed by atoms with Crippen molar-refractivity contribution in [1.82, 2.24) is 0 Å². The lowest BCUT2D eigenvalue weighted by Gasteiger charge is -2.04. The molecule has 0 aliphatic carbocycles. The van der Waals surface area contributed by atoms with Gasteiger partial charge in [-0.2, -0.15) is 0 Å². The predicted molar refractivity (Wildman–Crippen MR) is 59.8 cm³/mol. The second kappa shape index (κ2) is 3.98. The van der Waals surface area contributed by atoms with E-state index in [2.05, 4.69) is 5.92 Å². The van der Waals surface area contributed by atoms with Crippen molar-refractivity contribution < 1.29 is 4.39 Å². The van der Waals surface area contributed by atoms with Crippen LogP contribution >= 0.6 is 0 Å². The predicted octanol–water partition coefficient (Wildman–Crippen LogP) is 3.47. The first-order valence-corrected chi connectivity index (χ1v) is 4.63. The second-order valence-electron chi connectivity index (χ2n) is 3.20. The summed E-state index contributed by atoms with van der Waals surface area (Å²) in [6, 6.07) is 13.9. The lowest BCUT2D eigenvalue weighted by molar-refractivity contribution is 0.628. The number of benzene rings is 2. The van der Waals surface area contributed by atoms with Crippen LogP contribution in [0.5, 0.6) is 0 Å². The fourth-order valence-corrected chi connectivity index (χ4v) is 1.49. The maximum atomic E-state index is 12.7. The molecule has 1 heteroatoms.